The minimum Gasteiger partial charge on any atom is -0.334 e. The van der Waals surface area contributed by atoms with Gasteiger partial charge >= 0.3 is 6.18 Å². The van der Waals surface area contributed by atoms with Gasteiger partial charge in [-0.1, -0.05) is 11.2 Å². The molecule has 8 heteroatoms. The van der Waals surface area contributed by atoms with Crippen molar-refractivity contribution in [1.82, 2.24) is 20.1 Å². The van der Waals surface area contributed by atoms with Crippen LogP contribution in [0, 0.1) is 0 Å². The zero-order valence-electron chi connectivity index (χ0n) is 10.4. The highest BCUT2D eigenvalue weighted by Gasteiger charge is 2.30. The molecule has 5 nitrogen and oxygen atoms in total. The van der Waals surface area contributed by atoms with Crippen LogP contribution in [0.25, 0.3) is 23.0 Å². The normalized spacial score (nSPS) is 11.6. The third kappa shape index (κ3) is 2.73. The van der Waals surface area contributed by atoms with Crippen molar-refractivity contribution in [2.45, 2.75) is 6.18 Å². The Kier molecular flexibility index (Phi) is 3.13. The molecule has 0 saturated carbocycles. The fourth-order valence-electron chi connectivity index (χ4n) is 1.69. The topological polar surface area (TPSA) is 64.7 Å². The van der Waals surface area contributed by atoms with Crippen molar-refractivity contribution >= 4 is 0 Å². The van der Waals surface area contributed by atoms with Gasteiger partial charge in [-0.05, 0) is 18.2 Å². The average molecular weight is 292 g/mol. The van der Waals surface area contributed by atoms with Crippen LogP contribution >= 0.6 is 0 Å². The van der Waals surface area contributed by atoms with Gasteiger partial charge in [0.05, 0.1) is 11.8 Å². The lowest BCUT2D eigenvalue weighted by Gasteiger charge is -2.06. The van der Waals surface area contributed by atoms with Gasteiger partial charge < -0.3 is 4.52 Å². The van der Waals surface area contributed by atoms with E-state index < -0.39 is 11.7 Å². The molecular formula is C13H7F3N4O. The van der Waals surface area contributed by atoms with E-state index in [2.05, 4.69) is 20.1 Å². The van der Waals surface area contributed by atoms with E-state index in [0.717, 1.165) is 12.1 Å². The minimum absolute atomic E-state index is 0.0123. The van der Waals surface area contributed by atoms with Crippen molar-refractivity contribution in [3.8, 4) is 23.0 Å². The fourth-order valence-corrected chi connectivity index (χ4v) is 1.69. The van der Waals surface area contributed by atoms with Gasteiger partial charge in [0.15, 0.2) is 0 Å². The summed E-state index contributed by atoms with van der Waals surface area (Å²) in [4.78, 5) is 11.9. The molecule has 0 bridgehead atoms. The number of benzene rings is 1. The summed E-state index contributed by atoms with van der Waals surface area (Å²) >= 11 is 0. The molecule has 1 aromatic carbocycles. The van der Waals surface area contributed by atoms with E-state index in [1.807, 2.05) is 0 Å². The van der Waals surface area contributed by atoms with Gasteiger partial charge in [-0.3, -0.25) is 4.98 Å². The number of alkyl halides is 3. The molecule has 0 radical (unpaired) electrons. The van der Waals surface area contributed by atoms with Crippen molar-refractivity contribution in [3.63, 3.8) is 0 Å². The smallest absolute Gasteiger partial charge is 0.334 e. The summed E-state index contributed by atoms with van der Waals surface area (Å²) in [5.41, 5.74) is -0.216. The Balaban J connectivity index is 1.97. The van der Waals surface area contributed by atoms with Crippen LogP contribution in [0.4, 0.5) is 13.2 Å². The fraction of sp³-hybridized carbons (Fsp3) is 0.0769. The molecule has 0 amide bonds. The van der Waals surface area contributed by atoms with Crippen molar-refractivity contribution in [2.24, 2.45) is 0 Å². The van der Waals surface area contributed by atoms with E-state index >= 15 is 0 Å². The number of hydrogen-bond donors (Lipinski definition) is 0. The maximum atomic E-state index is 12.7. The molecule has 2 heterocycles. The van der Waals surface area contributed by atoms with Crippen molar-refractivity contribution in [2.75, 3.05) is 0 Å². The van der Waals surface area contributed by atoms with Crippen molar-refractivity contribution < 1.29 is 17.7 Å². The highest BCUT2D eigenvalue weighted by atomic mass is 19.4. The van der Waals surface area contributed by atoms with Crippen LogP contribution in [0.5, 0.6) is 0 Å². The van der Waals surface area contributed by atoms with E-state index in [9.17, 15) is 13.2 Å². The predicted molar refractivity (Wildman–Crippen MR) is 65.8 cm³/mol. The van der Waals surface area contributed by atoms with Crippen LogP contribution in [-0.2, 0) is 6.18 Å². The molecule has 0 spiro atoms. The van der Waals surface area contributed by atoms with Crippen LogP contribution in [-0.4, -0.2) is 20.1 Å². The number of halogens is 3. The molecule has 0 aliphatic heterocycles. The summed E-state index contributed by atoms with van der Waals surface area (Å²) in [7, 11) is 0. The van der Waals surface area contributed by atoms with Gasteiger partial charge in [0.1, 0.15) is 5.69 Å². The first kappa shape index (κ1) is 13.2. The van der Waals surface area contributed by atoms with Crippen molar-refractivity contribution in [1.29, 1.82) is 0 Å². The highest BCUT2D eigenvalue weighted by Crippen LogP contribution is 2.32. The maximum absolute atomic E-state index is 12.7. The first-order valence-electron chi connectivity index (χ1n) is 5.82. The number of aromatic nitrogens is 4. The standard InChI is InChI=1S/C13H7F3N4O/c14-13(15,16)9-3-1-2-8(6-9)12-19-11(20-21-12)10-7-17-4-5-18-10/h1-7H. The molecule has 0 saturated heterocycles. The quantitative estimate of drug-likeness (QED) is 0.725. The van der Waals surface area contributed by atoms with E-state index in [4.69, 9.17) is 4.52 Å². The molecule has 106 valence electrons. The summed E-state index contributed by atoms with van der Waals surface area (Å²) < 4.78 is 43.0. The van der Waals surface area contributed by atoms with E-state index in [0.29, 0.717) is 5.69 Å². The van der Waals surface area contributed by atoms with Crippen LogP contribution in [0.1, 0.15) is 5.56 Å². The first-order valence-corrected chi connectivity index (χ1v) is 5.82. The largest absolute Gasteiger partial charge is 0.416 e. The zero-order chi connectivity index (χ0) is 14.9. The Labute approximate surface area is 116 Å². The Morgan fingerprint density at radius 3 is 2.67 bits per heavy atom. The lowest BCUT2D eigenvalue weighted by atomic mass is 10.1. The number of hydrogen-bond acceptors (Lipinski definition) is 5. The van der Waals surface area contributed by atoms with Crippen molar-refractivity contribution in [3.05, 3.63) is 48.4 Å². The van der Waals surface area contributed by atoms with Crippen LogP contribution in [0.3, 0.4) is 0 Å². The second kappa shape index (κ2) is 4.97. The molecule has 3 aromatic rings. The molecule has 0 aliphatic carbocycles. The van der Waals surface area contributed by atoms with E-state index in [1.165, 1.54) is 30.7 Å². The predicted octanol–water partition coefficient (Wildman–Crippen LogP) is 3.21. The Bertz CT molecular complexity index is 755. The van der Waals surface area contributed by atoms with E-state index in [-0.39, 0.29) is 17.3 Å². The summed E-state index contributed by atoms with van der Waals surface area (Å²) in [6, 6.07) is 4.67. The molecule has 0 unspecified atom stereocenters. The summed E-state index contributed by atoms with van der Waals surface area (Å²) in [5, 5.41) is 3.68. The van der Waals surface area contributed by atoms with E-state index in [1.54, 1.807) is 0 Å². The first-order chi connectivity index (χ1) is 10.0. The second-order valence-electron chi connectivity index (χ2n) is 4.09. The SMILES string of the molecule is FC(F)(F)c1cccc(-c2nc(-c3cnccn3)no2)c1. The highest BCUT2D eigenvalue weighted by molar-refractivity contribution is 5.57. The van der Waals surface area contributed by atoms with Gasteiger partial charge in [0.25, 0.3) is 5.89 Å². The average Bonchev–Trinajstić information content (AvgIpc) is 2.97. The molecule has 0 fully saturated rings. The lowest BCUT2D eigenvalue weighted by molar-refractivity contribution is -0.137. The maximum Gasteiger partial charge on any atom is 0.416 e. The monoisotopic (exact) mass is 292 g/mol. The Morgan fingerprint density at radius 1 is 1.10 bits per heavy atom. The van der Waals surface area contributed by atoms with Gasteiger partial charge in [0, 0.05) is 18.0 Å². The molecule has 3 rings (SSSR count). The minimum atomic E-state index is -4.43. The number of rotatable bonds is 2. The summed E-state index contributed by atoms with van der Waals surface area (Å²) in [6.45, 7) is 0. The van der Waals surface area contributed by atoms with Crippen LogP contribution in [0.15, 0.2) is 47.4 Å². The third-order valence-electron chi connectivity index (χ3n) is 2.66. The number of nitrogens with zero attached hydrogens (tertiary/aromatic N) is 4. The molecule has 0 atom stereocenters. The van der Waals surface area contributed by atoms with Gasteiger partial charge in [-0.2, -0.15) is 18.2 Å². The Hall–Kier alpha value is -2.77. The van der Waals surface area contributed by atoms with Gasteiger partial charge in [0.2, 0.25) is 5.82 Å². The third-order valence-corrected chi connectivity index (χ3v) is 2.66. The Morgan fingerprint density at radius 2 is 1.95 bits per heavy atom. The van der Waals surface area contributed by atoms with Crippen LogP contribution in [0.2, 0.25) is 0 Å². The molecule has 2 aromatic heterocycles. The van der Waals surface area contributed by atoms with Gasteiger partial charge in [-0.25, -0.2) is 4.98 Å². The second-order valence-corrected chi connectivity index (χ2v) is 4.09. The molecular weight excluding hydrogens is 285 g/mol. The summed E-state index contributed by atoms with van der Waals surface area (Å²) in [6.07, 6.45) is -0.0581. The zero-order valence-corrected chi connectivity index (χ0v) is 10.4. The lowest BCUT2D eigenvalue weighted by Crippen LogP contribution is -2.04. The summed E-state index contributed by atoms with van der Waals surface area (Å²) in [5.74, 6) is 0.150. The molecule has 0 aliphatic rings. The molecule has 21 heavy (non-hydrogen) atoms. The molecule has 0 N–H and O–H groups in total. The van der Waals surface area contributed by atoms with Crippen LogP contribution < -0.4 is 0 Å². The van der Waals surface area contributed by atoms with Gasteiger partial charge in [-0.15, -0.1) is 0 Å².